The van der Waals surface area contributed by atoms with Crippen molar-refractivity contribution in [1.29, 1.82) is 0 Å². The number of guanidine groups is 1. The average molecular weight is 271 g/mol. The van der Waals surface area contributed by atoms with Gasteiger partial charge in [-0.2, -0.15) is 0 Å². The summed E-state index contributed by atoms with van der Waals surface area (Å²) in [6, 6.07) is 0.0936. The number of rotatable bonds is 10. The summed E-state index contributed by atoms with van der Waals surface area (Å²) < 4.78 is 0. The molecule has 0 fully saturated rings. The van der Waals surface area contributed by atoms with Crippen LogP contribution in [-0.2, 0) is 4.79 Å². The molecule has 0 spiro atoms. The van der Waals surface area contributed by atoms with E-state index in [1.54, 1.807) is 0 Å². The summed E-state index contributed by atoms with van der Waals surface area (Å²) in [7, 11) is 0. The van der Waals surface area contributed by atoms with E-state index in [2.05, 4.69) is 22.5 Å². The Balaban J connectivity index is 4.13. The molecule has 0 heterocycles. The van der Waals surface area contributed by atoms with Crippen LogP contribution in [0.1, 0.15) is 46.5 Å². The van der Waals surface area contributed by atoms with E-state index < -0.39 is 0 Å². The Morgan fingerprint density at radius 3 is 2.47 bits per heavy atom. The van der Waals surface area contributed by atoms with Crippen molar-refractivity contribution in [3.05, 3.63) is 0 Å². The highest BCUT2D eigenvalue weighted by Crippen LogP contribution is 2.00. The van der Waals surface area contributed by atoms with Gasteiger partial charge in [-0.05, 0) is 19.3 Å². The second-order valence-corrected chi connectivity index (χ2v) is 4.97. The summed E-state index contributed by atoms with van der Waals surface area (Å²) in [6.45, 7) is 7.45. The lowest BCUT2D eigenvalue weighted by molar-refractivity contribution is -0.123. The third-order valence-corrected chi connectivity index (χ3v) is 2.63. The van der Waals surface area contributed by atoms with Gasteiger partial charge in [-0.15, -0.1) is 0 Å². The zero-order valence-corrected chi connectivity index (χ0v) is 12.4. The second kappa shape index (κ2) is 10.6. The van der Waals surface area contributed by atoms with Crippen molar-refractivity contribution >= 4 is 11.9 Å². The minimum Gasteiger partial charge on any atom is -0.370 e. The molecule has 0 saturated carbocycles. The van der Waals surface area contributed by atoms with Gasteiger partial charge in [0.15, 0.2) is 5.96 Å². The largest absolute Gasteiger partial charge is 0.370 e. The Hall–Kier alpha value is -1.30. The van der Waals surface area contributed by atoms with Crippen molar-refractivity contribution in [2.45, 2.75) is 58.5 Å². The first kappa shape index (κ1) is 17.7. The van der Waals surface area contributed by atoms with Gasteiger partial charge < -0.3 is 22.1 Å². The van der Waals surface area contributed by atoms with Crippen molar-refractivity contribution in [3.63, 3.8) is 0 Å². The Bertz CT molecular complexity index is 274. The molecule has 6 nitrogen and oxygen atoms in total. The molecule has 1 atom stereocenters. The number of amides is 1. The second-order valence-electron chi connectivity index (χ2n) is 4.97. The topological polar surface area (TPSA) is 106 Å². The molecule has 6 heteroatoms. The van der Waals surface area contributed by atoms with Crippen LogP contribution in [-0.4, -0.2) is 37.0 Å². The van der Waals surface area contributed by atoms with E-state index in [1.807, 2.05) is 13.8 Å². The van der Waals surface area contributed by atoms with Crippen molar-refractivity contribution in [3.8, 4) is 0 Å². The van der Waals surface area contributed by atoms with Crippen LogP contribution in [0.2, 0.25) is 0 Å². The molecule has 0 aliphatic heterocycles. The van der Waals surface area contributed by atoms with Crippen molar-refractivity contribution in [2.24, 2.45) is 16.5 Å². The van der Waals surface area contributed by atoms with Crippen molar-refractivity contribution in [2.75, 3.05) is 13.1 Å². The molecule has 19 heavy (non-hydrogen) atoms. The van der Waals surface area contributed by atoms with Crippen LogP contribution in [0.5, 0.6) is 0 Å². The fourth-order valence-electron chi connectivity index (χ4n) is 1.71. The highest BCUT2D eigenvalue weighted by atomic mass is 16.2. The Morgan fingerprint density at radius 1 is 1.26 bits per heavy atom. The summed E-state index contributed by atoms with van der Waals surface area (Å²) in [5.74, 6) is 0.160. The van der Waals surface area contributed by atoms with Crippen LogP contribution in [0.25, 0.3) is 0 Å². The van der Waals surface area contributed by atoms with E-state index in [0.29, 0.717) is 6.54 Å². The number of unbranched alkanes of at least 4 members (excludes halogenated alkanes) is 1. The number of aliphatic imine (C=N–C) groups is 1. The van der Waals surface area contributed by atoms with E-state index in [9.17, 15) is 4.79 Å². The maximum Gasteiger partial charge on any atom is 0.237 e. The smallest absolute Gasteiger partial charge is 0.237 e. The van der Waals surface area contributed by atoms with Gasteiger partial charge in [0.1, 0.15) is 0 Å². The lowest BCUT2D eigenvalue weighted by atomic mass is 10.1. The van der Waals surface area contributed by atoms with E-state index >= 15 is 0 Å². The first-order valence-electron chi connectivity index (χ1n) is 7.06. The predicted octanol–water partition coefficient (Wildman–Crippen LogP) is 0.323. The van der Waals surface area contributed by atoms with Crippen LogP contribution in [0.3, 0.4) is 0 Å². The highest BCUT2D eigenvalue weighted by molar-refractivity contribution is 5.81. The van der Waals surface area contributed by atoms with E-state index in [-0.39, 0.29) is 24.0 Å². The molecule has 0 bridgehead atoms. The predicted molar refractivity (Wildman–Crippen MR) is 79.9 cm³/mol. The molecule has 0 aromatic carbocycles. The number of nitrogens with one attached hydrogen (secondary N) is 2. The molecule has 0 aliphatic rings. The van der Waals surface area contributed by atoms with Gasteiger partial charge in [-0.1, -0.05) is 27.2 Å². The zero-order valence-electron chi connectivity index (χ0n) is 12.4. The fraction of sp³-hybridized carbons (Fsp3) is 0.846. The van der Waals surface area contributed by atoms with Crippen LogP contribution in [0.4, 0.5) is 0 Å². The summed E-state index contributed by atoms with van der Waals surface area (Å²) in [5.41, 5.74) is 10.5. The van der Waals surface area contributed by atoms with Crippen molar-refractivity contribution < 1.29 is 4.79 Å². The van der Waals surface area contributed by atoms with E-state index in [1.165, 1.54) is 0 Å². The number of carbonyl (C=O) groups excluding carboxylic acids is 1. The van der Waals surface area contributed by atoms with E-state index in [4.69, 9.17) is 11.5 Å². The molecule has 0 aliphatic carbocycles. The first-order chi connectivity index (χ1) is 8.97. The highest BCUT2D eigenvalue weighted by Gasteiger charge is 2.17. The van der Waals surface area contributed by atoms with Gasteiger partial charge in [-0.25, -0.2) is 0 Å². The molecule has 0 rings (SSSR count). The number of nitrogens with zero attached hydrogens (tertiary/aromatic N) is 1. The molecular formula is C13H29N5O. The Kier molecular flexibility index (Phi) is 9.88. The van der Waals surface area contributed by atoms with Crippen LogP contribution < -0.4 is 22.1 Å². The molecule has 112 valence electrons. The molecule has 1 amide bonds. The summed E-state index contributed by atoms with van der Waals surface area (Å²) >= 11 is 0. The minimum atomic E-state index is -0.175. The lowest BCUT2D eigenvalue weighted by Crippen LogP contribution is -2.47. The molecule has 0 saturated heterocycles. The molecule has 0 aromatic heterocycles. The number of nitrogens with two attached hydrogens (primary N) is 2. The van der Waals surface area contributed by atoms with Crippen LogP contribution in [0.15, 0.2) is 4.99 Å². The van der Waals surface area contributed by atoms with Gasteiger partial charge >= 0.3 is 0 Å². The summed E-state index contributed by atoms with van der Waals surface area (Å²) in [5, 5.41) is 6.22. The maximum atomic E-state index is 12.0. The zero-order chi connectivity index (χ0) is 14.7. The van der Waals surface area contributed by atoms with Gasteiger partial charge in [0.05, 0.1) is 6.04 Å². The molecule has 1 unspecified atom stereocenters. The fourth-order valence-corrected chi connectivity index (χ4v) is 1.71. The summed E-state index contributed by atoms with van der Waals surface area (Å²) in [6.07, 6.45) is 3.59. The van der Waals surface area contributed by atoms with Gasteiger partial charge in [0.25, 0.3) is 0 Å². The first-order valence-corrected chi connectivity index (χ1v) is 7.06. The lowest BCUT2D eigenvalue weighted by Gasteiger charge is -2.20. The minimum absolute atomic E-state index is 0.0619. The molecule has 0 radical (unpaired) electrons. The normalized spacial score (nSPS) is 12.2. The van der Waals surface area contributed by atoms with Crippen molar-refractivity contribution in [1.82, 2.24) is 10.6 Å². The molecular weight excluding hydrogens is 242 g/mol. The van der Waals surface area contributed by atoms with Gasteiger partial charge in [-0.3, -0.25) is 9.79 Å². The Labute approximate surface area is 116 Å². The quantitative estimate of drug-likeness (QED) is 0.261. The molecule has 0 aromatic rings. The molecule has 6 N–H and O–H groups in total. The third kappa shape index (κ3) is 10.3. The van der Waals surface area contributed by atoms with Gasteiger partial charge in [0.2, 0.25) is 5.91 Å². The van der Waals surface area contributed by atoms with E-state index in [0.717, 1.165) is 32.2 Å². The standard InChI is InChI=1S/C13H29N5O/c1-4-5-8-16-12(19)11(18-10(2)3)7-6-9-17-13(14)15/h10-11,18H,4-9H2,1-3H3,(H,16,19)(H4,14,15,17). The monoisotopic (exact) mass is 271 g/mol. The SMILES string of the molecule is CCCCNC(=O)C(CCCN=C(N)N)NC(C)C. The van der Waals surface area contributed by atoms with Crippen LogP contribution in [0, 0.1) is 0 Å². The average Bonchev–Trinajstić information content (AvgIpc) is 2.32. The number of carbonyl (C=O) groups is 1. The Morgan fingerprint density at radius 2 is 1.95 bits per heavy atom. The van der Waals surface area contributed by atoms with Crippen LogP contribution >= 0.6 is 0 Å². The van der Waals surface area contributed by atoms with Gasteiger partial charge in [0, 0.05) is 19.1 Å². The summed E-state index contributed by atoms with van der Waals surface area (Å²) in [4.78, 5) is 15.9. The third-order valence-electron chi connectivity index (χ3n) is 2.63. The maximum absolute atomic E-state index is 12.0. The number of hydrogen-bond acceptors (Lipinski definition) is 3. The number of hydrogen-bond donors (Lipinski definition) is 4.